The van der Waals surface area contributed by atoms with Gasteiger partial charge in [0.25, 0.3) is 0 Å². The van der Waals surface area contributed by atoms with E-state index in [9.17, 15) is 14.7 Å². The fourth-order valence-electron chi connectivity index (χ4n) is 2.63. The van der Waals surface area contributed by atoms with E-state index in [1.165, 1.54) is 22.9 Å². The number of thioether (sulfide) groups is 1. The van der Waals surface area contributed by atoms with Gasteiger partial charge in [0.15, 0.2) is 5.78 Å². The Labute approximate surface area is 103 Å². The van der Waals surface area contributed by atoms with Crippen molar-refractivity contribution in [2.75, 3.05) is 5.75 Å². The van der Waals surface area contributed by atoms with Crippen molar-refractivity contribution >= 4 is 23.5 Å². The minimum absolute atomic E-state index is 0.0669. The zero-order valence-electron chi connectivity index (χ0n) is 9.23. The number of benzene rings is 1. The Kier molecular flexibility index (Phi) is 2.47. The maximum absolute atomic E-state index is 11.8. The second-order valence-corrected chi connectivity index (χ2v) is 5.61. The zero-order valence-corrected chi connectivity index (χ0v) is 10.0. The van der Waals surface area contributed by atoms with E-state index in [2.05, 4.69) is 0 Å². The average molecular weight is 248 g/mol. The summed E-state index contributed by atoms with van der Waals surface area (Å²) in [4.78, 5) is 23.0. The summed E-state index contributed by atoms with van der Waals surface area (Å²) in [6.07, 6.45) is 3.13. The van der Waals surface area contributed by atoms with E-state index in [0.29, 0.717) is 11.1 Å². The van der Waals surface area contributed by atoms with Crippen LogP contribution in [0.25, 0.3) is 0 Å². The fraction of sp³-hybridized carbons (Fsp3) is 0.385. The Morgan fingerprint density at radius 1 is 1.29 bits per heavy atom. The van der Waals surface area contributed by atoms with E-state index in [-0.39, 0.29) is 11.5 Å². The fourth-order valence-corrected chi connectivity index (χ4v) is 3.62. The number of hydrogen-bond donors (Lipinski definition) is 1. The van der Waals surface area contributed by atoms with Crippen molar-refractivity contribution in [2.45, 2.75) is 24.5 Å². The van der Waals surface area contributed by atoms with Gasteiger partial charge in [0.1, 0.15) is 5.25 Å². The molecule has 4 heteroatoms. The van der Waals surface area contributed by atoms with Gasteiger partial charge in [-0.2, -0.15) is 0 Å². The lowest BCUT2D eigenvalue weighted by Crippen LogP contribution is -2.21. The summed E-state index contributed by atoms with van der Waals surface area (Å²) in [7, 11) is 0. The molecule has 1 heterocycles. The Morgan fingerprint density at radius 3 is 2.71 bits per heavy atom. The van der Waals surface area contributed by atoms with Gasteiger partial charge < -0.3 is 5.11 Å². The van der Waals surface area contributed by atoms with Crippen molar-refractivity contribution in [3.63, 3.8) is 0 Å². The smallest absolute Gasteiger partial charge is 0.321 e. The molecule has 2 aliphatic rings. The van der Waals surface area contributed by atoms with Crippen molar-refractivity contribution in [3.05, 3.63) is 34.4 Å². The first-order valence-corrected chi connectivity index (χ1v) is 6.75. The molecule has 0 unspecified atom stereocenters. The normalized spacial score (nSPS) is 22.1. The number of carboxylic acids is 1. The van der Waals surface area contributed by atoms with Crippen LogP contribution in [-0.2, 0) is 17.6 Å². The molecule has 1 aromatic carbocycles. The third-order valence-electron chi connectivity index (χ3n) is 3.45. The molecule has 17 heavy (non-hydrogen) atoms. The number of carbonyl (C=O) groups excluding carboxylic acids is 1. The first-order valence-electron chi connectivity index (χ1n) is 5.70. The largest absolute Gasteiger partial charge is 0.480 e. The van der Waals surface area contributed by atoms with Crippen LogP contribution in [0.2, 0.25) is 0 Å². The first-order chi connectivity index (χ1) is 8.16. The molecular formula is C13H12O3S. The van der Waals surface area contributed by atoms with Crippen LogP contribution in [0.1, 0.15) is 38.7 Å². The molecule has 3 nitrogen and oxygen atoms in total. The minimum Gasteiger partial charge on any atom is -0.480 e. The molecule has 0 spiro atoms. The molecule has 1 aliphatic carbocycles. The van der Waals surface area contributed by atoms with E-state index in [1.807, 2.05) is 12.1 Å². The van der Waals surface area contributed by atoms with Crippen molar-refractivity contribution in [1.82, 2.24) is 0 Å². The van der Waals surface area contributed by atoms with Crippen LogP contribution in [0.4, 0.5) is 0 Å². The summed E-state index contributed by atoms with van der Waals surface area (Å²) in [5, 5.41) is 8.61. The highest BCUT2D eigenvalue weighted by atomic mass is 32.2. The molecule has 0 bridgehead atoms. The summed E-state index contributed by atoms with van der Waals surface area (Å²) in [6, 6.07) is 3.87. The summed E-state index contributed by atoms with van der Waals surface area (Å²) in [5.41, 5.74) is 3.80. The van der Waals surface area contributed by atoms with Gasteiger partial charge in [0, 0.05) is 5.56 Å². The predicted molar refractivity (Wildman–Crippen MR) is 65.6 cm³/mol. The monoisotopic (exact) mass is 248 g/mol. The molecule has 0 radical (unpaired) electrons. The molecule has 88 valence electrons. The molecular weight excluding hydrogens is 236 g/mol. The van der Waals surface area contributed by atoms with Crippen molar-refractivity contribution in [3.8, 4) is 0 Å². The second kappa shape index (κ2) is 3.88. The quantitative estimate of drug-likeness (QED) is 0.828. The van der Waals surface area contributed by atoms with E-state index >= 15 is 0 Å². The summed E-state index contributed by atoms with van der Waals surface area (Å²) >= 11 is 1.22. The van der Waals surface area contributed by atoms with E-state index in [1.54, 1.807) is 0 Å². The van der Waals surface area contributed by atoms with Crippen LogP contribution in [-0.4, -0.2) is 22.6 Å². The van der Waals surface area contributed by atoms with Crippen LogP contribution in [0.3, 0.4) is 0 Å². The topological polar surface area (TPSA) is 54.4 Å². The highest BCUT2D eigenvalue weighted by Gasteiger charge is 2.32. The van der Waals surface area contributed by atoms with Gasteiger partial charge in [-0.1, -0.05) is 6.07 Å². The number of aryl methyl sites for hydroxylation is 2. The number of carbonyl (C=O) groups is 2. The average Bonchev–Trinajstić information content (AvgIpc) is 2.74. The maximum atomic E-state index is 11.8. The van der Waals surface area contributed by atoms with E-state index in [0.717, 1.165) is 19.3 Å². The Morgan fingerprint density at radius 2 is 2.00 bits per heavy atom. The number of rotatable bonds is 1. The zero-order chi connectivity index (χ0) is 12.0. The number of hydrogen-bond acceptors (Lipinski definition) is 3. The van der Waals surface area contributed by atoms with Crippen molar-refractivity contribution < 1.29 is 14.7 Å². The molecule has 0 aromatic heterocycles. The number of ketones is 1. The molecule has 1 aliphatic heterocycles. The highest BCUT2D eigenvalue weighted by molar-refractivity contribution is 8.01. The van der Waals surface area contributed by atoms with E-state index < -0.39 is 11.2 Å². The van der Waals surface area contributed by atoms with Gasteiger partial charge in [-0.3, -0.25) is 9.59 Å². The molecule has 1 aromatic rings. The second-order valence-electron chi connectivity index (χ2n) is 4.51. The lowest BCUT2D eigenvalue weighted by molar-refractivity contribution is -0.136. The van der Waals surface area contributed by atoms with E-state index in [4.69, 9.17) is 0 Å². The summed E-state index contributed by atoms with van der Waals surface area (Å²) < 4.78 is 0. The summed E-state index contributed by atoms with van der Waals surface area (Å²) in [5.74, 6) is -0.498. The van der Waals surface area contributed by atoms with Crippen LogP contribution in [0, 0.1) is 0 Å². The molecule has 0 saturated carbocycles. The van der Waals surface area contributed by atoms with Crippen molar-refractivity contribution in [1.29, 1.82) is 0 Å². The van der Waals surface area contributed by atoms with Crippen molar-refractivity contribution in [2.24, 2.45) is 0 Å². The van der Waals surface area contributed by atoms with Crippen LogP contribution in [0.15, 0.2) is 12.1 Å². The molecule has 0 amide bonds. The Hall–Kier alpha value is -1.29. The van der Waals surface area contributed by atoms with Gasteiger partial charge in [0.05, 0.1) is 5.75 Å². The maximum Gasteiger partial charge on any atom is 0.321 e. The predicted octanol–water partition coefficient (Wildman–Crippen LogP) is 2.23. The molecule has 0 saturated heterocycles. The molecule has 1 atom stereocenters. The number of carboxylic acid groups (broad SMARTS) is 1. The van der Waals surface area contributed by atoms with Gasteiger partial charge in [0.2, 0.25) is 0 Å². The standard InChI is InChI=1S/C13H12O3S/c14-11-6-17-12(13(15)16)10-5-8-3-1-2-7(8)4-9(10)11/h4-5,12H,1-3,6H2,(H,15,16)/t12-/m1/s1. The number of fused-ring (bicyclic) bond motifs is 2. The Balaban J connectivity index is 2.17. The number of aliphatic carboxylic acids is 1. The molecule has 3 rings (SSSR count). The van der Waals surface area contributed by atoms with Gasteiger partial charge >= 0.3 is 5.97 Å². The van der Waals surface area contributed by atoms with Gasteiger partial charge in [-0.15, -0.1) is 11.8 Å². The first kappa shape index (κ1) is 10.8. The lowest BCUT2D eigenvalue weighted by atomic mass is 9.95. The van der Waals surface area contributed by atoms with Crippen LogP contribution < -0.4 is 0 Å². The minimum atomic E-state index is -0.846. The SMILES string of the molecule is O=C1CS[C@@H](C(=O)O)c2cc3c(cc21)CCC3. The molecule has 0 fully saturated rings. The summed E-state index contributed by atoms with van der Waals surface area (Å²) in [6.45, 7) is 0. The van der Waals surface area contributed by atoms with Gasteiger partial charge in [-0.25, -0.2) is 0 Å². The lowest BCUT2D eigenvalue weighted by Gasteiger charge is -2.22. The Bertz CT molecular complexity index is 522. The van der Waals surface area contributed by atoms with Crippen LogP contribution >= 0.6 is 11.8 Å². The third-order valence-corrected chi connectivity index (χ3v) is 4.67. The van der Waals surface area contributed by atoms with Crippen LogP contribution in [0.5, 0.6) is 0 Å². The highest BCUT2D eigenvalue weighted by Crippen LogP contribution is 2.39. The number of Topliss-reactive ketones (excluding diaryl/α,β-unsaturated/α-hetero) is 1. The third kappa shape index (κ3) is 1.67. The molecule has 1 N–H and O–H groups in total. The van der Waals surface area contributed by atoms with Gasteiger partial charge in [-0.05, 0) is 42.0 Å².